The molecule has 0 saturated carbocycles. The van der Waals surface area contributed by atoms with Crippen LogP contribution < -0.4 is 10.6 Å². The fourth-order valence-corrected chi connectivity index (χ4v) is 3.20. The van der Waals surface area contributed by atoms with Gasteiger partial charge in [0.25, 0.3) is 0 Å². The van der Waals surface area contributed by atoms with Crippen molar-refractivity contribution in [3.8, 4) is 0 Å². The molecule has 0 radical (unpaired) electrons. The average Bonchev–Trinajstić information content (AvgIpc) is 3.05. The monoisotopic (exact) mass is 346 g/mol. The van der Waals surface area contributed by atoms with E-state index in [-0.39, 0.29) is 30.3 Å². The summed E-state index contributed by atoms with van der Waals surface area (Å²) in [5, 5.41) is 6.24. The second kappa shape index (κ2) is 9.33. The van der Waals surface area contributed by atoms with Crippen LogP contribution in [0.3, 0.4) is 0 Å². The first kappa shape index (κ1) is 20.0. The molecular weight excluding hydrogens is 316 g/mol. The van der Waals surface area contributed by atoms with Crippen LogP contribution >= 0.6 is 12.4 Å². The molecule has 2 fully saturated rings. The number of piperidine rings is 1. The molecule has 2 aliphatic rings. The summed E-state index contributed by atoms with van der Waals surface area (Å²) in [6, 6.07) is 0.272. The predicted molar refractivity (Wildman–Crippen MR) is 93.8 cm³/mol. The number of hydrogen-bond donors (Lipinski definition) is 2. The molecule has 7 heteroatoms. The second-order valence-electron chi connectivity index (χ2n) is 6.96. The Kier molecular flexibility index (Phi) is 8.12. The van der Waals surface area contributed by atoms with Crippen LogP contribution in [0.4, 0.5) is 4.79 Å². The average molecular weight is 347 g/mol. The van der Waals surface area contributed by atoms with E-state index in [1.807, 2.05) is 11.9 Å². The molecule has 0 aromatic rings. The van der Waals surface area contributed by atoms with Gasteiger partial charge in [-0.2, -0.15) is 0 Å². The predicted octanol–water partition coefficient (Wildman–Crippen LogP) is 1.31. The highest BCUT2D eigenvalue weighted by Gasteiger charge is 2.33. The Morgan fingerprint density at radius 2 is 2.09 bits per heavy atom. The molecule has 134 valence electrons. The second-order valence-corrected chi connectivity index (χ2v) is 6.96. The number of urea groups is 1. The number of carbonyl (C=O) groups excluding carboxylic acids is 2. The molecule has 0 spiro atoms. The lowest BCUT2D eigenvalue weighted by atomic mass is 9.96. The molecule has 2 rings (SSSR count). The Bertz CT molecular complexity index is 400. The van der Waals surface area contributed by atoms with Crippen molar-refractivity contribution in [2.75, 3.05) is 39.8 Å². The van der Waals surface area contributed by atoms with Crippen LogP contribution in [-0.2, 0) is 4.79 Å². The third-order valence-corrected chi connectivity index (χ3v) is 4.65. The molecule has 6 nitrogen and oxygen atoms in total. The van der Waals surface area contributed by atoms with Gasteiger partial charge in [-0.05, 0) is 31.7 Å². The van der Waals surface area contributed by atoms with Crippen LogP contribution in [0.25, 0.3) is 0 Å². The van der Waals surface area contributed by atoms with E-state index in [1.54, 1.807) is 4.90 Å². The van der Waals surface area contributed by atoms with Gasteiger partial charge in [-0.15, -0.1) is 12.4 Å². The van der Waals surface area contributed by atoms with E-state index in [4.69, 9.17) is 0 Å². The number of rotatable bonds is 4. The highest BCUT2D eigenvalue weighted by atomic mass is 35.5. The van der Waals surface area contributed by atoms with Crippen LogP contribution in [0.1, 0.15) is 33.1 Å². The van der Waals surface area contributed by atoms with Gasteiger partial charge >= 0.3 is 6.03 Å². The molecule has 2 unspecified atom stereocenters. The summed E-state index contributed by atoms with van der Waals surface area (Å²) in [4.78, 5) is 28.5. The van der Waals surface area contributed by atoms with E-state index in [2.05, 4.69) is 24.5 Å². The van der Waals surface area contributed by atoms with Gasteiger partial charge in [0.05, 0.1) is 5.92 Å². The van der Waals surface area contributed by atoms with E-state index in [0.29, 0.717) is 25.0 Å². The number of likely N-dealkylation sites (N-methyl/N-ethyl adjacent to an activating group) is 1. The van der Waals surface area contributed by atoms with Gasteiger partial charge in [0, 0.05) is 39.3 Å². The maximum absolute atomic E-state index is 12.7. The van der Waals surface area contributed by atoms with Crippen LogP contribution in [0.2, 0.25) is 0 Å². The van der Waals surface area contributed by atoms with Gasteiger partial charge in [0.2, 0.25) is 5.91 Å². The summed E-state index contributed by atoms with van der Waals surface area (Å²) in [5.74, 6) is 0.575. The standard InChI is InChI=1S/C16H30N4O2.ClH/c1-12(2)9-18-16(22)20-8-4-5-13(11-20)15(21)19(3)14-6-7-17-10-14;/h12-14,17H,4-11H2,1-3H3,(H,18,22);1H. The minimum atomic E-state index is -0.0517. The summed E-state index contributed by atoms with van der Waals surface area (Å²) in [7, 11) is 1.90. The zero-order valence-corrected chi connectivity index (χ0v) is 15.3. The topological polar surface area (TPSA) is 64.7 Å². The van der Waals surface area contributed by atoms with E-state index in [1.165, 1.54) is 0 Å². The number of amides is 3. The zero-order valence-electron chi connectivity index (χ0n) is 14.5. The Morgan fingerprint density at radius 1 is 1.35 bits per heavy atom. The van der Waals surface area contributed by atoms with Crippen LogP contribution in [0.5, 0.6) is 0 Å². The first-order valence-electron chi connectivity index (χ1n) is 8.49. The van der Waals surface area contributed by atoms with Gasteiger partial charge in [0.15, 0.2) is 0 Å². The quantitative estimate of drug-likeness (QED) is 0.806. The summed E-state index contributed by atoms with van der Waals surface area (Å²) in [6.45, 7) is 8.00. The van der Waals surface area contributed by atoms with E-state index in [9.17, 15) is 9.59 Å². The molecule has 3 amide bonds. The number of halogens is 1. The molecule has 0 aromatic heterocycles. The molecule has 2 atom stereocenters. The third-order valence-electron chi connectivity index (χ3n) is 4.65. The highest BCUT2D eigenvalue weighted by molar-refractivity contribution is 5.85. The normalized spacial score (nSPS) is 24.3. The Morgan fingerprint density at radius 3 is 2.70 bits per heavy atom. The summed E-state index contributed by atoms with van der Waals surface area (Å²) in [6.07, 6.45) is 2.81. The van der Waals surface area contributed by atoms with Crippen molar-refractivity contribution in [3.63, 3.8) is 0 Å². The molecule has 0 aliphatic carbocycles. The minimum absolute atomic E-state index is 0. The van der Waals surface area contributed by atoms with Crippen molar-refractivity contribution in [2.24, 2.45) is 11.8 Å². The van der Waals surface area contributed by atoms with Gasteiger partial charge in [-0.1, -0.05) is 13.8 Å². The molecule has 0 aromatic carbocycles. The lowest BCUT2D eigenvalue weighted by molar-refractivity contribution is -0.137. The van der Waals surface area contributed by atoms with E-state index >= 15 is 0 Å². The molecule has 2 N–H and O–H groups in total. The van der Waals surface area contributed by atoms with Crippen molar-refractivity contribution < 1.29 is 9.59 Å². The maximum atomic E-state index is 12.7. The Hall–Kier alpha value is -1.01. The Balaban J connectivity index is 0.00000264. The number of nitrogens with one attached hydrogen (secondary N) is 2. The highest BCUT2D eigenvalue weighted by Crippen LogP contribution is 2.20. The minimum Gasteiger partial charge on any atom is -0.341 e. The fraction of sp³-hybridized carbons (Fsp3) is 0.875. The SMILES string of the molecule is CC(C)CNC(=O)N1CCCC(C(=O)N(C)C2CCNC2)C1.Cl. The van der Waals surface area contributed by atoms with Gasteiger partial charge < -0.3 is 20.4 Å². The summed E-state index contributed by atoms with van der Waals surface area (Å²) in [5.41, 5.74) is 0. The lowest BCUT2D eigenvalue weighted by Crippen LogP contribution is -2.51. The smallest absolute Gasteiger partial charge is 0.317 e. The third kappa shape index (κ3) is 5.53. The largest absolute Gasteiger partial charge is 0.341 e. The van der Waals surface area contributed by atoms with Crippen molar-refractivity contribution >= 4 is 24.3 Å². The molecule has 0 bridgehead atoms. The summed E-state index contributed by atoms with van der Waals surface area (Å²) >= 11 is 0. The first-order chi connectivity index (χ1) is 10.5. The molecule has 2 heterocycles. The van der Waals surface area contributed by atoms with Gasteiger partial charge in [-0.3, -0.25) is 4.79 Å². The van der Waals surface area contributed by atoms with Crippen LogP contribution in [-0.4, -0.2) is 67.6 Å². The molecule has 2 aliphatic heterocycles. The molecular formula is C16H31ClN4O2. The van der Waals surface area contributed by atoms with Crippen LogP contribution in [0, 0.1) is 11.8 Å². The number of carbonyl (C=O) groups is 2. The van der Waals surface area contributed by atoms with Crippen LogP contribution in [0.15, 0.2) is 0 Å². The summed E-state index contributed by atoms with van der Waals surface area (Å²) < 4.78 is 0. The van der Waals surface area contributed by atoms with E-state index < -0.39 is 0 Å². The Labute approximate surface area is 145 Å². The van der Waals surface area contributed by atoms with Crippen molar-refractivity contribution in [2.45, 2.75) is 39.2 Å². The lowest BCUT2D eigenvalue weighted by Gasteiger charge is -2.35. The number of nitrogens with zero attached hydrogens (tertiary/aromatic N) is 2. The first-order valence-corrected chi connectivity index (χ1v) is 8.49. The van der Waals surface area contributed by atoms with Gasteiger partial charge in [0.1, 0.15) is 0 Å². The number of hydrogen-bond acceptors (Lipinski definition) is 3. The van der Waals surface area contributed by atoms with Crippen molar-refractivity contribution in [1.29, 1.82) is 0 Å². The van der Waals surface area contributed by atoms with Crippen molar-refractivity contribution in [3.05, 3.63) is 0 Å². The number of likely N-dealkylation sites (tertiary alicyclic amines) is 1. The zero-order chi connectivity index (χ0) is 16.1. The van der Waals surface area contributed by atoms with E-state index in [0.717, 1.165) is 38.9 Å². The fourth-order valence-electron chi connectivity index (χ4n) is 3.20. The van der Waals surface area contributed by atoms with Crippen molar-refractivity contribution in [1.82, 2.24) is 20.4 Å². The molecule has 23 heavy (non-hydrogen) atoms. The van der Waals surface area contributed by atoms with Gasteiger partial charge in [-0.25, -0.2) is 4.79 Å². The molecule has 2 saturated heterocycles. The maximum Gasteiger partial charge on any atom is 0.317 e.